The van der Waals surface area contributed by atoms with E-state index in [-0.39, 0.29) is 0 Å². The van der Waals surface area contributed by atoms with E-state index in [1.165, 1.54) is 6.07 Å². The summed E-state index contributed by atoms with van der Waals surface area (Å²) in [5, 5.41) is 10.9. The first-order valence-electron chi connectivity index (χ1n) is 8.56. The SMILES string of the molecule is COc1cccc(CN2CCC(O)(c3cccc(C(F)(F)F)c3)CC2)c1. The number of halogens is 3. The van der Waals surface area contributed by atoms with Crippen LogP contribution in [0.25, 0.3) is 0 Å². The molecule has 2 aromatic rings. The van der Waals surface area contributed by atoms with Crippen LogP contribution < -0.4 is 4.74 Å². The summed E-state index contributed by atoms with van der Waals surface area (Å²) >= 11 is 0. The average molecular weight is 365 g/mol. The fourth-order valence-corrected chi connectivity index (χ4v) is 3.38. The van der Waals surface area contributed by atoms with Gasteiger partial charge in [-0.15, -0.1) is 0 Å². The Hall–Kier alpha value is -2.05. The molecule has 0 unspecified atom stereocenters. The molecule has 0 bridgehead atoms. The summed E-state index contributed by atoms with van der Waals surface area (Å²) in [7, 11) is 1.62. The lowest BCUT2D eigenvalue weighted by Crippen LogP contribution is -2.42. The van der Waals surface area contributed by atoms with E-state index >= 15 is 0 Å². The van der Waals surface area contributed by atoms with Gasteiger partial charge >= 0.3 is 6.18 Å². The molecule has 1 aliphatic rings. The molecular formula is C20H22F3NO2. The molecular weight excluding hydrogens is 343 g/mol. The van der Waals surface area contributed by atoms with Crippen molar-refractivity contribution in [2.45, 2.75) is 31.2 Å². The van der Waals surface area contributed by atoms with Crippen LogP contribution in [0.3, 0.4) is 0 Å². The van der Waals surface area contributed by atoms with Gasteiger partial charge in [0.25, 0.3) is 0 Å². The molecule has 1 N–H and O–H groups in total. The maximum atomic E-state index is 12.9. The lowest BCUT2D eigenvalue weighted by atomic mass is 9.83. The molecule has 0 spiro atoms. The summed E-state index contributed by atoms with van der Waals surface area (Å²) in [6.07, 6.45) is -3.60. The summed E-state index contributed by atoms with van der Waals surface area (Å²) in [4.78, 5) is 2.19. The van der Waals surface area contributed by atoms with Crippen LogP contribution in [0.15, 0.2) is 48.5 Å². The number of rotatable bonds is 4. The third kappa shape index (κ3) is 4.19. The number of ether oxygens (including phenoxy) is 1. The van der Waals surface area contributed by atoms with Gasteiger partial charge in [0.15, 0.2) is 0 Å². The lowest BCUT2D eigenvalue weighted by molar-refractivity contribution is -0.137. The third-order valence-corrected chi connectivity index (χ3v) is 4.95. The van der Waals surface area contributed by atoms with E-state index in [2.05, 4.69) is 4.90 Å². The Balaban J connectivity index is 1.67. The predicted octanol–water partition coefficient (Wildman–Crippen LogP) is 4.20. The van der Waals surface area contributed by atoms with Crippen LogP contribution in [0, 0.1) is 0 Å². The molecule has 0 saturated carbocycles. The van der Waals surface area contributed by atoms with Gasteiger partial charge < -0.3 is 9.84 Å². The molecule has 0 radical (unpaired) electrons. The highest BCUT2D eigenvalue weighted by atomic mass is 19.4. The van der Waals surface area contributed by atoms with Crippen molar-refractivity contribution in [2.75, 3.05) is 20.2 Å². The van der Waals surface area contributed by atoms with Crippen molar-refractivity contribution in [3.63, 3.8) is 0 Å². The van der Waals surface area contributed by atoms with E-state index in [4.69, 9.17) is 4.74 Å². The Bertz CT molecular complexity index is 753. The molecule has 140 valence electrons. The molecule has 1 fully saturated rings. The summed E-state index contributed by atoms with van der Waals surface area (Å²) < 4.78 is 44.0. The van der Waals surface area contributed by atoms with Gasteiger partial charge in [-0.3, -0.25) is 4.90 Å². The molecule has 0 atom stereocenters. The highest BCUT2D eigenvalue weighted by molar-refractivity contribution is 5.31. The number of nitrogens with zero attached hydrogens (tertiary/aromatic N) is 1. The fraction of sp³-hybridized carbons (Fsp3) is 0.400. The molecule has 3 rings (SSSR count). The van der Waals surface area contributed by atoms with Crippen LogP contribution in [0.5, 0.6) is 5.75 Å². The zero-order chi connectivity index (χ0) is 18.8. The van der Waals surface area contributed by atoms with Crippen molar-refractivity contribution < 1.29 is 23.0 Å². The number of piperidine rings is 1. The molecule has 26 heavy (non-hydrogen) atoms. The van der Waals surface area contributed by atoms with E-state index in [0.717, 1.165) is 30.0 Å². The normalized spacial score (nSPS) is 17.9. The number of alkyl halides is 3. The van der Waals surface area contributed by atoms with Gasteiger partial charge in [0.1, 0.15) is 5.75 Å². The van der Waals surface area contributed by atoms with Gasteiger partial charge in [0.05, 0.1) is 18.3 Å². The van der Waals surface area contributed by atoms with Crippen molar-refractivity contribution in [1.29, 1.82) is 0 Å². The van der Waals surface area contributed by atoms with Gasteiger partial charge in [-0.25, -0.2) is 0 Å². The van der Waals surface area contributed by atoms with Crippen LogP contribution in [0.1, 0.15) is 29.5 Å². The lowest BCUT2D eigenvalue weighted by Gasteiger charge is -2.38. The fourth-order valence-electron chi connectivity index (χ4n) is 3.38. The molecule has 0 aliphatic carbocycles. The number of hydrogen-bond acceptors (Lipinski definition) is 3. The smallest absolute Gasteiger partial charge is 0.416 e. The number of benzene rings is 2. The van der Waals surface area contributed by atoms with E-state index in [9.17, 15) is 18.3 Å². The zero-order valence-corrected chi connectivity index (χ0v) is 14.6. The van der Waals surface area contributed by atoms with Crippen molar-refractivity contribution in [3.05, 3.63) is 65.2 Å². The van der Waals surface area contributed by atoms with Gasteiger partial charge in [-0.05, 0) is 48.2 Å². The van der Waals surface area contributed by atoms with Crippen molar-refractivity contribution in [1.82, 2.24) is 4.90 Å². The Morgan fingerprint density at radius 1 is 1.08 bits per heavy atom. The number of methoxy groups -OCH3 is 1. The summed E-state index contributed by atoms with van der Waals surface area (Å²) in [5.41, 5.74) is -0.490. The minimum Gasteiger partial charge on any atom is -0.497 e. The summed E-state index contributed by atoms with van der Waals surface area (Å²) in [6.45, 7) is 1.95. The maximum absolute atomic E-state index is 12.9. The Kier molecular flexibility index (Phi) is 5.25. The summed E-state index contributed by atoms with van der Waals surface area (Å²) in [6, 6.07) is 12.8. The second-order valence-corrected chi connectivity index (χ2v) is 6.74. The van der Waals surface area contributed by atoms with E-state index < -0.39 is 17.3 Å². The molecule has 1 heterocycles. The largest absolute Gasteiger partial charge is 0.497 e. The predicted molar refractivity (Wildman–Crippen MR) is 92.8 cm³/mol. The second kappa shape index (κ2) is 7.29. The van der Waals surface area contributed by atoms with Crippen molar-refractivity contribution in [2.24, 2.45) is 0 Å². The first-order chi connectivity index (χ1) is 12.3. The molecule has 1 aliphatic heterocycles. The zero-order valence-electron chi connectivity index (χ0n) is 14.6. The Morgan fingerprint density at radius 2 is 1.77 bits per heavy atom. The maximum Gasteiger partial charge on any atom is 0.416 e. The minimum atomic E-state index is -4.40. The van der Waals surface area contributed by atoms with E-state index in [0.29, 0.717) is 31.5 Å². The summed E-state index contributed by atoms with van der Waals surface area (Å²) in [5.74, 6) is 0.792. The van der Waals surface area contributed by atoms with Crippen molar-refractivity contribution in [3.8, 4) is 5.75 Å². The van der Waals surface area contributed by atoms with E-state index in [1.54, 1.807) is 13.2 Å². The Labute approximate surface area is 151 Å². The van der Waals surface area contributed by atoms with Gasteiger partial charge in [0.2, 0.25) is 0 Å². The molecule has 1 saturated heterocycles. The first kappa shape index (κ1) is 18.7. The van der Waals surface area contributed by atoms with Crippen LogP contribution in [-0.4, -0.2) is 30.2 Å². The van der Waals surface area contributed by atoms with Gasteiger partial charge in [-0.2, -0.15) is 13.2 Å². The standard InChI is InChI=1S/C20H22F3NO2/c1-26-18-7-2-4-15(12-18)14-24-10-8-19(25,9-11-24)16-5-3-6-17(13-16)20(21,22)23/h2-7,12-13,25H,8-11,14H2,1H3. The van der Waals surface area contributed by atoms with Crippen LogP contribution >= 0.6 is 0 Å². The molecule has 2 aromatic carbocycles. The molecule has 0 amide bonds. The average Bonchev–Trinajstić information content (AvgIpc) is 2.63. The van der Waals surface area contributed by atoms with Gasteiger partial charge in [0, 0.05) is 19.6 Å². The quantitative estimate of drug-likeness (QED) is 0.882. The molecule has 0 aromatic heterocycles. The highest BCUT2D eigenvalue weighted by Crippen LogP contribution is 2.37. The van der Waals surface area contributed by atoms with Crippen LogP contribution in [0.4, 0.5) is 13.2 Å². The second-order valence-electron chi connectivity index (χ2n) is 6.74. The third-order valence-electron chi connectivity index (χ3n) is 4.95. The van der Waals surface area contributed by atoms with Crippen molar-refractivity contribution >= 4 is 0 Å². The minimum absolute atomic E-state index is 0.341. The number of hydrogen-bond donors (Lipinski definition) is 1. The van der Waals surface area contributed by atoms with E-state index in [1.807, 2.05) is 24.3 Å². The monoisotopic (exact) mass is 365 g/mol. The number of likely N-dealkylation sites (tertiary alicyclic amines) is 1. The van der Waals surface area contributed by atoms with Gasteiger partial charge in [-0.1, -0.05) is 24.3 Å². The Morgan fingerprint density at radius 3 is 2.42 bits per heavy atom. The number of aliphatic hydroxyl groups is 1. The van der Waals surface area contributed by atoms with Crippen LogP contribution in [0.2, 0.25) is 0 Å². The first-order valence-corrected chi connectivity index (χ1v) is 8.56. The highest BCUT2D eigenvalue weighted by Gasteiger charge is 2.37. The topological polar surface area (TPSA) is 32.7 Å². The molecule has 6 heteroatoms. The molecule has 3 nitrogen and oxygen atoms in total. The van der Waals surface area contributed by atoms with Crippen LogP contribution in [-0.2, 0) is 18.3 Å².